The summed E-state index contributed by atoms with van der Waals surface area (Å²) >= 11 is 0. The molecule has 0 radical (unpaired) electrons. The van der Waals surface area contributed by atoms with Crippen LogP contribution in [0, 0.1) is 0 Å². The van der Waals surface area contributed by atoms with Gasteiger partial charge in [0.1, 0.15) is 0 Å². The normalized spacial score (nSPS) is 20.4. The largest absolute Gasteiger partial charge is 0.381 e. The molecule has 1 aliphatic carbocycles. The molecule has 1 aromatic rings. The van der Waals surface area contributed by atoms with Gasteiger partial charge in [-0.3, -0.25) is 0 Å². The summed E-state index contributed by atoms with van der Waals surface area (Å²) in [4.78, 5) is 0. The van der Waals surface area contributed by atoms with E-state index in [1.54, 1.807) is 0 Å². The van der Waals surface area contributed by atoms with Gasteiger partial charge < -0.3 is 4.74 Å². The standard InChI is InChI=1S/C14H20O/c1-10(2)11-4-5-13-9-14(15-3)7-6-12(13)8-11/h4-5,8,10,14H,6-7,9H2,1-3H3. The Balaban J connectivity index is 2.24. The number of hydrogen-bond acceptors (Lipinski definition) is 1. The highest BCUT2D eigenvalue weighted by Crippen LogP contribution is 2.26. The van der Waals surface area contributed by atoms with Gasteiger partial charge in [-0.25, -0.2) is 0 Å². The van der Waals surface area contributed by atoms with E-state index in [1.165, 1.54) is 29.5 Å². The van der Waals surface area contributed by atoms with Gasteiger partial charge in [-0.15, -0.1) is 0 Å². The zero-order valence-electron chi connectivity index (χ0n) is 9.92. The number of benzene rings is 1. The first-order chi connectivity index (χ1) is 7.20. The summed E-state index contributed by atoms with van der Waals surface area (Å²) in [6.45, 7) is 4.50. The summed E-state index contributed by atoms with van der Waals surface area (Å²) < 4.78 is 5.43. The first-order valence-corrected chi connectivity index (χ1v) is 5.85. The number of ether oxygens (including phenoxy) is 1. The van der Waals surface area contributed by atoms with E-state index >= 15 is 0 Å². The van der Waals surface area contributed by atoms with Gasteiger partial charge in [-0.05, 0) is 41.9 Å². The summed E-state index contributed by atoms with van der Waals surface area (Å²) in [6, 6.07) is 6.93. The molecule has 0 bridgehead atoms. The minimum atomic E-state index is 0.433. The maximum atomic E-state index is 5.43. The smallest absolute Gasteiger partial charge is 0.0614 e. The predicted molar refractivity (Wildman–Crippen MR) is 63.4 cm³/mol. The molecule has 2 rings (SSSR count). The Morgan fingerprint density at radius 1 is 1.27 bits per heavy atom. The van der Waals surface area contributed by atoms with Crippen molar-refractivity contribution >= 4 is 0 Å². The van der Waals surface area contributed by atoms with Gasteiger partial charge in [0.15, 0.2) is 0 Å². The summed E-state index contributed by atoms with van der Waals surface area (Å²) in [5, 5.41) is 0. The quantitative estimate of drug-likeness (QED) is 0.718. The molecule has 0 N–H and O–H groups in total. The lowest BCUT2D eigenvalue weighted by molar-refractivity contribution is 0.0911. The molecular weight excluding hydrogens is 184 g/mol. The van der Waals surface area contributed by atoms with Gasteiger partial charge in [-0.2, -0.15) is 0 Å². The SMILES string of the molecule is COC1CCc2cc(C(C)C)ccc2C1. The van der Waals surface area contributed by atoms with Crippen LogP contribution in [0.5, 0.6) is 0 Å². The third kappa shape index (κ3) is 2.23. The van der Waals surface area contributed by atoms with Crippen molar-refractivity contribution in [2.45, 2.75) is 45.1 Å². The van der Waals surface area contributed by atoms with Crippen LogP contribution in [0.3, 0.4) is 0 Å². The highest BCUT2D eigenvalue weighted by atomic mass is 16.5. The van der Waals surface area contributed by atoms with E-state index in [0.29, 0.717) is 12.0 Å². The van der Waals surface area contributed by atoms with Crippen LogP contribution in [0.1, 0.15) is 42.9 Å². The van der Waals surface area contributed by atoms with E-state index in [9.17, 15) is 0 Å². The van der Waals surface area contributed by atoms with Crippen LogP contribution >= 0.6 is 0 Å². The second kappa shape index (κ2) is 4.36. The van der Waals surface area contributed by atoms with Crippen molar-refractivity contribution in [2.75, 3.05) is 7.11 Å². The molecule has 15 heavy (non-hydrogen) atoms. The second-order valence-electron chi connectivity index (χ2n) is 4.78. The highest BCUT2D eigenvalue weighted by molar-refractivity contribution is 5.35. The van der Waals surface area contributed by atoms with Gasteiger partial charge in [-0.1, -0.05) is 32.0 Å². The molecule has 1 atom stereocenters. The van der Waals surface area contributed by atoms with E-state index in [-0.39, 0.29) is 0 Å². The lowest BCUT2D eigenvalue weighted by Gasteiger charge is -2.24. The zero-order chi connectivity index (χ0) is 10.8. The molecule has 0 aromatic heterocycles. The number of rotatable bonds is 2. The summed E-state index contributed by atoms with van der Waals surface area (Å²) in [7, 11) is 1.82. The topological polar surface area (TPSA) is 9.23 Å². The summed E-state index contributed by atoms with van der Waals surface area (Å²) in [5.41, 5.74) is 4.48. The minimum absolute atomic E-state index is 0.433. The highest BCUT2D eigenvalue weighted by Gasteiger charge is 2.18. The Hall–Kier alpha value is -0.820. The van der Waals surface area contributed by atoms with Gasteiger partial charge in [0.2, 0.25) is 0 Å². The van der Waals surface area contributed by atoms with Crippen molar-refractivity contribution in [1.82, 2.24) is 0 Å². The van der Waals surface area contributed by atoms with Crippen molar-refractivity contribution in [2.24, 2.45) is 0 Å². The fourth-order valence-corrected chi connectivity index (χ4v) is 2.30. The Labute approximate surface area is 92.5 Å². The van der Waals surface area contributed by atoms with Crippen LogP contribution in [-0.4, -0.2) is 13.2 Å². The van der Waals surface area contributed by atoms with Crippen molar-refractivity contribution in [3.63, 3.8) is 0 Å². The van der Waals surface area contributed by atoms with Gasteiger partial charge in [0.05, 0.1) is 6.10 Å². The van der Waals surface area contributed by atoms with Crippen molar-refractivity contribution in [3.05, 3.63) is 34.9 Å². The fraction of sp³-hybridized carbons (Fsp3) is 0.571. The van der Waals surface area contributed by atoms with Crippen LogP contribution in [0.2, 0.25) is 0 Å². The van der Waals surface area contributed by atoms with Crippen molar-refractivity contribution in [3.8, 4) is 0 Å². The van der Waals surface area contributed by atoms with E-state index in [4.69, 9.17) is 4.74 Å². The minimum Gasteiger partial charge on any atom is -0.381 e. The number of fused-ring (bicyclic) bond motifs is 1. The molecular formula is C14H20O. The Morgan fingerprint density at radius 3 is 2.73 bits per heavy atom. The molecule has 0 spiro atoms. The predicted octanol–water partition coefficient (Wildman–Crippen LogP) is 3.31. The molecule has 0 saturated carbocycles. The lowest BCUT2D eigenvalue weighted by atomic mass is 9.87. The molecule has 1 heteroatoms. The van der Waals surface area contributed by atoms with Crippen LogP contribution in [-0.2, 0) is 17.6 Å². The first kappa shape index (κ1) is 10.7. The molecule has 0 amide bonds. The Kier molecular flexibility index (Phi) is 3.11. The molecule has 0 heterocycles. The van der Waals surface area contributed by atoms with E-state index in [1.807, 2.05) is 7.11 Å². The monoisotopic (exact) mass is 204 g/mol. The van der Waals surface area contributed by atoms with Crippen molar-refractivity contribution < 1.29 is 4.74 Å². The summed E-state index contributed by atoms with van der Waals surface area (Å²) in [5.74, 6) is 0.635. The molecule has 1 aliphatic rings. The zero-order valence-corrected chi connectivity index (χ0v) is 9.92. The van der Waals surface area contributed by atoms with Gasteiger partial charge >= 0.3 is 0 Å². The van der Waals surface area contributed by atoms with Crippen LogP contribution < -0.4 is 0 Å². The fourth-order valence-electron chi connectivity index (χ4n) is 2.30. The maximum absolute atomic E-state index is 5.43. The molecule has 0 saturated heterocycles. The molecule has 1 unspecified atom stereocenters. The average molecular weight is 204 g/mol. The van der Waals surface area contributed by atoms with E-state index < -0.39 is 0 Å². The second-order valence-corrected chi connectivity index (χ2v) is 4.78. The molecule has 0 aliphatic heterocycles. The average Bonchev–Trinajstić information content (AvgIpc) is 2.27. The molecule has 1 aromatic carbocycles. The van der Waals surface area contributed by atoms with Crippen LogP contribution in [0.15, 0.2) is 18.2 Å². The van der Waals surface area contributed by atoms with Crippen LogP contribution in [0.4, 0.5) is 0 Å². The Bertz CT molecular complexity index is 341. The van der Waals surface area contributed by atoms with Gasteiger partial charge in [0.25, 0.3) is 0 Å². The molecule has 82 valence electrons. The third-order valence-corrected chi connectivity index (χ3v) is 3.41. The van der Waals surface area contributed by atoms with E-state index in [2.05, 4.69) is 32.0 Å². The maximum Gasteiger partial charge on any atom is 0.0614 e. The lowest BCUT2D eigenvalue weighted by Crippen LogP contribution is -2.21. The first-order valence-electron chi connectivity index (χ1n) is 5.85. The van der Waals surface area contributed by atoms with E-state index in [0.717, 1.165) is 6.42 Å². The summed E-state index contributed by atoms with van der Waals surface area (Å²) in [6.07, 6.45) is 3.87. The van der Waals surface area contributed by atoms with Crippen LogP contribution in [0.25, 0.3) is 0 Å². The van der Waals surface area contributed by atoms with Crippen molar-refractivity contribution in [1.29, 1.82) is 0 Å². The number of methoxy groups -OCH3 is 1. The number of hydrogen-bond donors (Lipinski definition) is 0. The molecule has 0 fully saturated rings. The third-order valence-electron chi connectivity index (χ3n) is 3.41. The van der Waals surface area contributed by atoms with Gasteiger partial charge in [0, 0.05) is 7.11 Å². The Morgan fingerprint density at radius 2 is 2.07 bits per heavy atom. The number of aryl methyl sites for hydroxylation is 1. The molecule has 1 nitrogen and oxygen atoms in total.